The lowest BCUT2D eigenvalue weighted by atomic mass is 10.2. The Kier molecular flexibility index (Phi) is 3.17. The average Bonchev–Trinajstić information content (AvgIpc) is 2.69. The normalized spacial score (nSPS) is 11.4. The first-order valence-corrected chi connectivity index (χ1v) is 9.66. The molecule has 3 heteroatoms. The molecule has 2 rings (SSSR count). The summed E-state index contributed by atoms with van der Waals surface area (Å²) in [4.78, 5) is 1.31. The van der Waals surface area contributed by atoms with Gasteiger partial charge < -0.3 is 4.43 Å². The number of hydrogen-bond acceptors (Lipinski definition) is 2. The minimum Gasteiger partial charge on any atom is -0.544 e. The molecule has 0 atom stereocenters. The van der Waals surface area contributed by atoms with Crippen molar-refractivity contribution in [2.45, 2.75) is 19.6 Å². The van der Waals surface area contributed by atoms with Gasteiger partial charge in [-0.2, -0.15) is 0 Å². The maximum Gasteiger partial charge on any atom is 0.242 e. The van der Waals surface area contributed by atoms with Crippen molar-refractivity contribution in [3.05, 3.63) is 41.8 Å². The van der Waals surface area contributed by atoms with Crippen LogP contribution in [0.3, 0.4) is 0 Å². The van der Waals surface area contributed by atoms with Crippen LogP contribution in [-0.2, 0) is 0 Å². The van der Waals surface area contributed by atoms with E-state index >= 15 is 0 Å². The van der Waals surface area contributed by atoms with Crippen LogP contribution >= 0.6 is 11.3 Å². The van der Waals surface area contributed by atoms with E-state index in [0.29, 0.717) is 0 Å². The first-order chi connectivity index (χ1) is 7.54. The molecule has 0 radical (unpaired) electrons. The molecule has 0 amide bonds. The van der Waals surface area contributed by atoms with E-state index in [1.165, 1.54) is 10.4 Å². The Morgan fingerprint density at radius 1 is 1.00 bits per heavy atom. The highest BCUT2D eigenvalue weighted by atomic mass is 32.1. The van der Waals surface area contributed by atoms with Gasteiger partial charge >= 0.3 is 0 Å². The lowest BCUT2D eigenvalue weighted by Crippen LogP contribution is -2.29. The summed E-state index contributed by atoms with van der Waals surface area (Å²) in [5, 5.41) is 2.10. The Bertz CT molecular complexity index is 440. The van der Waals surface area contributed by atoms with Gasteiger partial charge in [0.2, 0.25) is 8.32 Å². The lowest BCUT2D eigenvalue weighted by Gasteiger charge is -2.19. The van der Waals surface area contributed by atoms with E-state index < -0.39 is 8.32 Å². The lowest BCUT2D eigenvalue weighted by molar-refractivity contribution is 0.558. The van der Waals surface area contributed by atoms with Crippen LogP contribution in [0.4, 0.5) is 0 Å². The molecule has 0 aliphatic carbocycles. The third-order valence-corrected chi connectivity index (χ3v) is 3.85. The largest absolute Gasteiger partial charge is 0.544 e. The van der Waals surface area contributed by atoms with Crippen molar-refractivity contribution in [2.24, 2.45) is 0 Å². The fraction of sp³-hybridized carbons (Fsp3) is 0.231. The van der Waals surface area contributed by atoms with Gasteiger partial charge in [0.15, 0.2) is 0 Å². The highest BCUT2D eigenvalue weighted by Crippen LogP contribution is 2.27. The van der Waals surface area contributed by atoms with Crippen LogP contribution in [0, 0.1) is 0 Å². The van der Waals surface area contributed by atoms with Crippen LogP contribution in [0.1, 0.15) is 0 Å². The van der Waals surface area contributed by atoms with Gasteiger partial charge in [-0.1, -0.05) is 6.07 Å². The molecule has 84 valence electrons. The minimum atomic E-state index is -1.48. The molecule has 0 unspecified atom stereocenters. The molecule has 0 spiro atoms. The topological polar surface area (TPSA) is 9.23 Å². The van der Waals surface area contributed by atoms with E-state index in [1.54, 1.807) is 11.3 Å². The summed E-state index contributed by atoms with van der Waals surface area (Å²) in [7, 11) is -1.48. The van der Waals surface area contributed by atoms with Crippen molar-refractivity contribution in [1.82, 2.24) is 0 Å². The van der Waals surface area contributed by atoms with Gasteiger partial charge in [-0.05, 0) is 60.9 Å². The number of benzene rings is 1. The van der Waals surface area contributed by atoms with Crippen LogP contribution in [0.5, 0.6) is 5.75 Å². The molecule has 0 saturated carbocycles. The van der Waals surface area contributed by atoms with Gasteiger partial charge in [-0.15, -0.1) is 11.3 Å². The molecule has 0 N–H and O–H groups in total. The number of thiophene rings is 1. The molecule has 1 nitrogen and oxygen atoms in total. The monoisotopic (exact) mass is 248 g/mol. The van der Waals surface area contributed by atoms with Crippen LogP contribution in [-0.4, -0.2) is 8.32 Å². The third kappa shape index (κ3) is 2.96. The molecule has 2 aromatic rings. The highest BCUT2D eigenvalue weighted by Gasteiger charge is 2.15. The zero-order valence-electron chi connectivity index (χ0n) is 9.86. The molecule has 1 aromatic heterocycles. The van der Waals surface area contributed by atoms with Gasteiger partial charge in [0, 0.05) is 4.88 Å². The zero-order chi connectivity index (χ0) is 11.6. The van der Waals surface area contributed by atoms with E-state index in [4.69, 9.17) is 4.43 Å². The van der Waals surface area contributed by atoms with Crippen LogP contribution < -0.4 is 4.43 Å². The third-order valence-electron chi connectivity index (χ3n) is 2.08. The van der Waals surface area contributed by atoms with Crippen molar-refractivity contribution in [1.29, 1.82) is 0 Å². The van der Waals surface area contributed by atoms with Crippen molar-refractivity contribution in [3.8, 4) is 16.2 Å². The van der Waals surface area contributed by atoms with Gasteiger partial charge in [-0.25, -0.2) is 0 Å². The molecular formula is C13H16OSSi. The molecule has 0 saturated heterocycles. The predicted molar refractivity (Wildman–Crippen MR) is 73.7 cm³/mol. The predicted octanol–water partition coefficient (Wildman–Crippen LogP) is 4.63. The Morgan fingerprint density at radius 3 is 2.19 bits per heavy atom. The molecule has 0 fully saturated rings. The fourth-order valence-corrected chi connectivity index (χ4v) is 3.06. The van der Waals surface area contributed by atoms with Gasteiger partial charge in [0.1, 0.15) is 5.75 Å². The number of hydrogen-bond donors (Lipinski definition) is 0. The standard InChI is InChI=1S/C13H16OSSi/c1-16(2,3)14-12-8-6-11(7-9-12)13-5-4-10-15-13/h4-10H,1-3H3. The molecular weight excluding hydrogens is 232 g/mol. The zero-order valence-corrected chi connectivity index (χ0v) is 11.7. The smallest absolute Gasteiger partial charge is 0.242 e. The summed E-state index contributed by atoms with van der Waals surface area (Å²) in [6, 6.07) is 12.6. The van der Waals surface area contributed by atoms with Crippen molar-refractivity contribution in [3.63, 3.8) is 0 Å². The second-order valence-electron chi connectivity index (χ2n) is 4.72. The van der Waals surface area contributed by atoms with E-state index in [1.807, 2.05) is 0 Å². The van der Waals surface area contributed by atoms with Crippen molar-refractivity contribution in [2.75, 3.05) is 0 Å². The Balaban J connectivity index is 2.17. The van der Waals surface area contributed by atoms with Crippen molar-refractivity contribution >= 4 is 19.7 Å². The Morgan fingerprint density at radius 2 is 1.69 bits per heavy atom. The molecule has 0 aliphatic heterocycles. The first kappa shape index (κ1) is 11.4. The van der Waals surface area contributed by atoms with Crippen LogP contribution in [0.25, 0.3) is 10.4 Å². The average molecular weight is 248 g/mol. The van der Waals surface area contributed by atoms with Gasteiger partial charge in [-0.3, -0.25) is 0 Å². The quantitative estimate of drug-likeness (QED) is 0.720. The summed E-state index contributed by atoms with van der Waals surface area (Å²) in [5.41, 5.74) is 1.26. The Hall–Kier alpha value is -1.06. The van der Waals surface area contributed by atoms with E-state index in [9.17, 15) is 0 Å². The van der Waals surface area contributed by atoms with E-state index in [0.717, 1.165) is 5.75 Å². The fourth-order valence-electron chi connectivity index (χ4n) is 1.48. The molecule has 0 aliphatic rings. The summed E-state index contributed by atoms with van der Waals surface area (Å²) >= 11 is 1.76. The summed E-state index contributed by atoms with van der Waals surface area (Å²) in [6.07, 6.45) is 0. The second-order valence-corrected chi connectivity index (χ2v) is 10.1. The SMILES string of the molecule is C[Si](C)(C)Oc1ccc(-c2cccs2)cc1. The molecule has 1 heterocycles. The van der Waals surface area contributed by atoms with E-state index in [-0.39, 0.29) is 0 Å². The van der Waals surface area contributed by atoms with Gasteiger partial charge in [0.25, 0.3) is 0 Å². The summed E-state index contributed by atoms with van der Waals surface area (Å²) < 4.78 is 5.92. The number of rotatable bonds is 3. The van der Waals surface area contributed by atoms with Crippen LogP contribution in [0.2, 0.25) is 19.6 Å². The molecule has 1 aromatic carbocycles. The highest BCUT2D eigenvalue weighted by molar-refractivity contribution is 7.13. The Labute approximate surface area is 102 Å². The summed E-state index contributed by atoms with van der Waals surface area (Å²) in [6.45, 7) is 6.58. The minimum absolute atomic E-state index is 0.986. The van der Waals surface area contributed by atoms with E-state index in [2.05, 4.69) is 61.4 Å². The maximum absolute atomic E-state index is 5.92. The summed E-state index contributed by atoms with van der Waals surface area (Å²) in [5.74, 6) is 0.986. The maximum atomic E-state index is 5.92. The van der Waals surface area contributed by atoms with Crippen LogP contribution in [0.15, 0.2) is 41.8 Å². The first-order valence-electron chi connectivity index (χ1n) is 5.37. The molecule has 0 bridgehead atoms. The van der Waals surface area contributed by atoms with Crippen molar-refractivity contribution < 1.29 is 4.43 Å². The van der Waals surface area contributed by atoms with Gasteiger partial charge in [0.05, 0.1) is 0 Å². The molecule has 16 heavy (non-hydrogen) atoms. The second kappa shape index (κ2) is 4.43.